The number of carbonyl (C=O) groups excluding carboxylic acids is 1. The first kappa shape index (κ1) is 14.9. The molecule has 2 rings (SSSR count). The molecule has 0 aliphatic rings. The minimum Gasteiger partial charge on any atom is -0.473 e. The van der Waals surface area contributed by atoms with Crippen LogP contribution in [0.2, 0.25) is 0 Å². The van der Waals surface area contributed by atoms with E-state index in [9.17, 15) is 4.79 Å². The van der Waals surface area contributed by atoms with E-state index in [0.29, 0.717) is 0 Å². The summed E-state index contributed by atoms with van der Waals surface area (Å²) in [5.74, 6) is 0.733. The third kappa shape index (κ3) is 4.84. The van der Waals surface area contributed by atoms with Crippen LogP contribution in [0.1, 0.15) is 24.1 Å². The van der Waals surface area contributed by atoms with Crippen LogP contribution in [0.15, 0.2) is 54.6 Å². The second kappa shape index (κ2) is 7.33. The molecule has 0 saturated carbocycles. The molecule has 0 fully saturated rings. The molecular weight excluding hydrogens is 264 g/mol. The molecule has 0 bridgehead atoms. The van der Waals surface area contributed by atoms with Gasteiger partial charge in [0.1, 0.15) is 5.75 Å². The van der Waals surface area contributed by atoms with Gasteiger partial charge in [0.15, 0.2) is 6.73 Å². The molecule has 1 unspecified atom stereocenters. The van der Waals surface area contributed by atoms with Gasteiger partial charge >= 0.3 is 6.03 Å². The van der Waals surface area contributed by atoms with Gasteiger partial charge in [0.05, 0.1) is 6.04 Å². The van der Waals surface area contributed by atoms with Crippen LogP contribution < -0.4 is 15.4 Å². The highest BCUT2D eigenvalue weighted by Crippen LogP contribution is 2.11. The van der Waals surface area contributed by atoms with Gasteiger partial charge in [0.2, 0.25) is 0 Å². The largest absolute Gasteiger partial charge is 0.473 e. The maximum Gasteiger partial charge on any atom is 0.317 e. The summed E-state index contributed by atoms with van der Waals surface area (Å²) in [6, 6.07) is 17.2. The molecule has 0 heterocycles. The van der Waals surface area contributed by atoms with Crippen LogP contribution in [0.25, 0.3) is 0 Å². The molecule has 110 valence electrons. The van der Waals surface area contributed by atoms with Crippen LogP contribution in [0.4, 0.5) is 4.79 Å². The zero-order valence-electron chi connectivity index (χ0n) is 12.3. The molecule has 2 amide bonds. The first-order valence-corrected chi connectivity index (χ1v) is 6.94. The van der Waals surface area contributed by atoms with Gasteiger partial charge in [-0.05, 0) is 31.5 Å². The molecule has 0 aromatic heterocycles. The number of carbonyl (C=O) groups is 1. The van der Waals surface area contributed by atoms with Gasteiger partial charge in [-0.1, -0.05) is 48.0 Å². The van der Waals surface area contributed by atoms with E-state index in [1.165, 1.54) is 5.56 Å². The topological polar surface area (TPSA) is 50.4 Å². The van der Waals surface area contributed by atoms with Gasteiger partial charge in [-0.25, -0.2) is 4.79 Å². The molecule has 0 spiro atoms. The number of hydrogen-bond donors (Lipinski definition) is 2. The summed E-state index contributed by atoms with van der Waals surface area (Å²) in [4.78, 5) is 11.8. The Bertz CT molecular complexity index is 567. The van der Waals surface area contributed by atoms with Crippen molar-refractivity contribution in [1.29, 1.82) is 0 Å². The molecule has 2 aromatic carbocycles. The van der Waals surface area contributed by atoms with Crippen molar-refractivity contribution < 1.29 is 9.53 Å². The van der Waals surface area contributed by atoms with Crippen molar-refractivity contribution in [2.24, 2.45) is 0 Å². The smallest absolute Gasteiger partial charge is 0.317 e. The van der Waals surface area contributed by atoms with Crippen molar-refractivity contribution in [1.82, 2.24) is 10.6 Å². The number of rotatable bonds is 5. The van der Waals surface area contributed by atoms with E-state index in [0.717, 1.165) is 11.3 Å². The quantitative estimate of drug-likeness (QED) is 0.827. The SMILES string of the molecule is Cc1ccc(OCNC(=O)NC(C)c2ccccc2)cc1. The minimum absolute atomic E-state index is 0.0504. The molecule has 4 heteroatoms. The Balaban J connectivity index is 1.73. The van der Waals surface area contributed by atoms with Crippen LogP contribution in [-0.4, -0.2) is 12.8 Å². The summed E-state index contributed by atoms with van der Waals surface area (Å²) >= 11 is 0. The van der Waals surface area contributed by atoms with Gasteiger partial charge in [-0.3, -0.25) is 0 Å². The molecule has 1 atom stereocenters. The van der Waals surface area contributed by atoms with Crippen LogP contribution >= 0.6 is 0 Å². The average Bonchev–Trinajstić information content (AvgIpc) is 2.50. The summed E-state index contributed by atoms with van der Waals surface area (Å²) in [5, 5.41) is 5.54. The number of hydrogen-bond acceptors (Lipinski definition) is 2. The molecule has 0 aliphatic heterocycles. The Labute approximate surface area is 125 Å². The second-order valence-corrected chi connectivity index (χ2v) is 4.88. The molecule has 4 nitrogen and oxygen atoms in total. The highest BCUT2D eigenvalue weighted by atomic mass is 16.5. The summed E-state index contributed by atoms with van der Waals surface area (Å²) in [5.41, 5.74) is 2.23. The Morgan fingerprint density at radius 3 is 2.43 bits per heavy atom. The molecule has 0 aliphatic carbocycles. The first-order valence-electron chi connectivity index (χ1n) is 6.94. The lowest BCUT2D eigenvalue weighted by Crippen LogP contribution is -2.38. The van der Waals surface area contributed by atoms with Crippen molar-refractivity contribution in [3.63, 3.8) is 0 Å². The summed E-state index contributed by atoms with van der Waals surface area (Å²) in [6.07, 6.45) is 0. The van der Waals surface area contributed by atoms with Gasteiger partial charge in [-0.15, -0.1) is 0 Å². The maximum atomic E-state index is 11.8. The van der Waals surface area contributed by atoms with Crippen LogP contribution in [0.3, 0.4) is 0 Å². The molecule has 2 aromatic rings. The van der Waals surface area contributed by atoms with Crippen molar-refractivity contribution in [2.75, 3.05) is 6.73 Å². The molecule has 0 radical (unpaired) electrons. The lowest BCUT2D eigenvalue weighted by molar-refractivity contribution is 0.221. The zero-order valence-corrected chi connectivity index (χ0v) is 12.3. The Kier molecular flexibility index (Phi) is 5.21. The predicted molar refractivity (Wildman–Crippen MR) is 83.2 cm³/mol. The van der Waals surface area contributed by atoms with E-state index < -0.39 is 0 Å². The molecule has 21 heavy (non-hydrogen) atoms. The van der Waals surface area contributed by atoms with Gasteiger partial charge in [-0.2, -0.15) is 0 Å². The number of urea groups is 1. The van der Waals surface area contributed by atoms with E-state index in [4.69, 9.17) is 4.74 Å². The number of benzene rings is 2. The summed E-state index contributed by atoms with van der Waals surface area (Å²) < 4.78 is 5.45. The maximum absolute atomic E-state index is 11.8. The summed E-state index contributed by atoms with van der Waals surface area (Å²) in [7, 11) is 0. The Morgan fingerprint density at radius 2 is 1.76 bits per heavy atom. The van der Waals surface area contributed by atoms with Crippen LogP contribution in [0, 0.1) is 6.92 Å². The fourth-order valence-corrected chi connectivity index (χ4v) is 1.89. The average molecular weight is 284 g/mol. The van der Waals surface area contributed by atoms with Crippen molar-refractivity contribution in [3.05, 3.63) is 65.7 Å². The van der Waals surface area contributed by atoms with Crippen molar-refractivity contribution in [3.8, 4) is 5.75 Å². The monoisotopic (exact) mass is 284 g/mol. The summed E-state index contributed by atoms with van der Waals surface area (Å²) in [6.45, 7) is 4.09. The number of amides is 2. The van der Waals surface area contributed by atoms with E-state index in [-0.39, 0.29) is 18.8 Å². The fraction of sp³-hybridized carbons (Fsp3) is 0.235. The number of ether oxygens (including phenoxy) is 1. The van der Waals surface area contributed by atoms with E-state index in [1.54, 1.807) is 0 Å². The standard InChI is InChI=1S/C17H20N2O2/c1-13-8-10-16(11-9-13)21-12-18-17(20)19-14(2)15-6-4-3-5-7-15/h3-11,14H,12H2,1-2H3,(H2,18,19,20). The highest BCUT2D eigenvalue weighted by Gasteiger charge is 2.08. The fourth-order valence-electron chi connectivity index (χ4n) is 1.89. The third-order valence-electron chi connectivity index (χ3n) is 3.14. The van der Waals surface area contributed by atoms with Gasteiger partial charge in [0.25, 0.3) is 0 Å². The number of aryl methyl sites for hydroxylation is 1. The zero-order chi connectivity index (χ0) is 15.1. The molecule has 0 saturated heterocycles. The van der Waals surface area contributed by atoms with Crippen molar-refractivity contribution in [2.45, 2.75) is 19.9 Å². The molecular formula is C17H20N2O2. The third-order valence-corrected chi connectivity index (χ3v) is 3.14. The Hall–Kier alpha value is -2.49. The lowest BCUT2D eigenvalue weighted by atomic mass is 10.1. The normalized spacial score (nSPS) is 11.5. The molecule has 2 N–H and O–H groups in total. The lowest BCUT2D eigenvalue weighted by Gasteiger charge is -2.15. The van der Waals surface area contributed by atoms with Gasteiger partial charge in [0, 0.05) is 0 Å². The van der Waals surface area contributed by atoms with E-state index in [2.05, 4.69) is 10.6 Å². The van der Waals surface area contributed by atoms with Crippen LogP contribution in [0.5, 0.6) is 5.75 Å². The minimum atomic E-state index is -0.251. The highest BCUT2D eigenvalue weighted by molar-refractivity contribution is 5.74. The Morgan fingerprint density at radius 1 is 1.10 bits per heavy atom. The van der Waals surface area contributed by atoms with Gasteiger partial charge < -0.3 is 15.4 Å². The predicted octanol–water partition coefficient (Wildman–Crippen LogP) is 3.39. The van der Waals surface area contributed by atoms with E-state index in [1.807, 2.05) is 68.4 Å². The van der Waals surface area contributed by atoms with Crippen LogP contribution in [-0.2, 0) is 0 Å². The number of nitrogens with one attached hydrogen (secondary N) is 2. The van der Waals surface area contributed by atoms with E-state index >= 15 is 0 Å². The van der Waals surface area contributed by atoms with Crippen molar-refractivity contribution >= 4 is 6.03 Å². The second-order valence-electron chi connectivity index (χ2n) is 4.88. The first-order chi connectivity index (χ1) is 10.1.